The van der Waals surface area contributed by atoms with Crippen LogP contribution in [0.2, 0.25) is 0 Å². The minimum Gasteiger partial charge on any atom is -0.368 e. The van der Waals surface area contributed by atoms with Crippen LogP contribution in [0.4, 0.5) is 0 Å². The first-order valence-electron chi connectivity index (χ1n) is 6.28. The lowest BCUT2D eigenvalue weighted by atomic mass is 9.79. The second-order valence-corrected chi connectivity index (χ2v) is 4.97. The van der Waals surface area contributed by atoms with Crippen LogP contribution in [0.1, 0.15) is 33.1 Å². The summed E-state index contributed by atoms with van der Waals surface area (Å²) in [5, 5.41) is 0. The Balaban J connectivity index is 2.59. The molecule has 17 heavy (non-hydrogen) atoms. The van der Waals surface area contributed by atoms with E-state index in [0.29, 0.717) is 12.5 Å². The lowest BCUT2D eigenvalue weighted by Crippen LogP contribution is -2.45. The molecular formula is C12H23N3O2. The minimum atomic E-state index is -0.458. The van der Waals surface area contributed by atoms with Gasteiger partial charge in [0.2, 0.25) is 11.8 Å². The summed E-state index contributed by atoms with van der Waals surface area (Å²) >= 11 is 0. The molecule has 3 atom stereocenters. The fraction of sp³-hybridized carbons (Fsp3) is 0.833. The summed E-state index contributed by atoms with van der Waals surface area (Å²) in [6.07, 6.45) is 2.51. The number of rotatable bonds is 4. The first-order valence-corrected chi connectivity index (χ1v) is 6.28. The van der Waals surface area contributed by atoms with Gasteiger partial charge in [0.15, 0.2) is 0 Å². The molecule has 0 saturated heterocycles. The van der Waals surface area contributed by atoms with Crippen molar-refractivity contribution in [2.45, 2.75) is 39.2 Å². The number of hydrogen-bond donors (Lipinski definition) is 2. The van der Waals surface area contributed by atoms with Gasteiger partial charge in [0.05, 0.1) is 6.54 Å². The van der Waals surface area contributed by atoms with E-state index in [0.717, 1.165) is 19.3 Å². The number of nitrogens with two attached hydrogens (primary N) is 2. The van der Waals surface area contributed by atoms with Crippen molar-refractivity contribution in [3.8, 4) is 0 Å². The fourth-order valence-corrected chi connectivity index (χ4v) is 2.44. The van der Waals surface area contributed by atoms with Crippen molar-refractivity contribution in [2.75, 3.05) is 13.1 Å². The summed E-state index contributed by atoms with van der Waals surface area (Å²) in [5.41, 5.74) is 11.1. The van der Waals surface area contributed by atoms with Crippen LogP contribution in [0.25, 0.3) is 0 Å². The number of primary amides is 1. The Morgan fingerprint density at radius 2 is 2.00 bits per heavy atom. The summed E-state index contributed by atoms with van der Waals surface area (Å²) in [6.45, 7) is 4.48. The number of carbonyl (C=O) groups is 2. The smallest absolute Gasteiger partial charge is 0.237 e. The summed E-state index contributed by atoms with van der Waals surface area (Å²) in [4.78, 5) is 24.6. The number of nitrogens with zero attached hydrogens (tertiary/aromatic N) is 1. The molecule has 5 heteroatoms. The maximum atomic E-state index is 12.2. The predicted molar refractivity (Wildman–Crippen MR) is 65.9 cm³/mol. The molecule has 5 nitrogen and oxygen atoms in total. The van der Waals surface area contributed by atoms with Gasteiger partial charge < -0.3 is 16.4 Å². The fourth-order valence-electron chi connectivity index (χ4n) is 2.44. The highest BCUT2D eigenvalue weighted by atomic mass is 16.2. The van der Waals surface area contributed by atoms with Crippen LogP contribution in [-0.2, 0) is 9.59 Å². The summed E-state index contributed by atoms with van der Waals surface area (Å²) in [7, 11) is 0. The third-order valence-corrected chi connectivity index (χ3v) is 3.62. The van der Waals surface area contributed by atoms with Gasteiger partial charge in [-0.25, -0.2) is 0 Å². The normalized spacial score (nSPS) is 28.8. The van der Waals surface area contributed by atoms with E-state index in [9.17, 15) is 9.59 Å². The molecule has 3 unspecified atom stereocenters. The standard InChI is InChI=1S/C12H23N3O2/c1-3-15(7-11(14)16)12(17)9-4-5-10(13)8(2)6-9/h8-10H,3-7,13H2,1-2H3,(H2,14,16). The number of amides is 2. The molecule has 0 aliphatic heterocycles. The number of hydrogen-bond acceptors (Lipinski definition) is 3. The zero-order valence-corrected chi connectivity index (χ0v) is 10.7. The Labute approximate surface area is 103 Å². The van der Waals surface area contributed by atoms with E-state index >= 15 is 0 Å². The Morgan fingerprint density at radius 1 is 1.35 bits per heavy atom. The van der Waals surface area contributed by atoms with E-state index in [4.69, 9.17) is 11.5 Å². The third kappa shape index (κ3) is 3.70. The van der Waals surface area contributed by atoms with Crippen LogP contribution in [0, 0.1) is 11.8 Å². The van der Waals surface area contributed by atoms with Crippen molar-refractivity contribution in [3.05, 3.63) is 0 Å². The van der Waals surface area contributed by atoms with Gasteiger partial charge in [-0.2, -0.15) is 0 Å². The van der Waals surface area contributed by atoms with Crippen LogP contribution in [0.15, 0.2) is 0 Å². The Bertz CT molecular complexity index is 293. The molecule has 0 aromatic carbocycles. The average molecular weight is 241 g/mol. The van der Waals surface area contributed by atoms with E-state index < -0.39 is 5.91 Å². The van der Waals surface area contributed by atoms with Crippen LogP contribution in [-0.4, -0.2) is 35.8 Å². The average Bonchev–Trinajstić information content (AvgIpc) is 2.28. The summed E-state index contributed by atoms with van der Waals surface area (Å²) < 4.78 is 0. The van der Waals surface area contributed by atoms with E-state index in [-0.39, 0.29) is 24.4 Å². The van der Waals surface area contributed by atoms with Gasteiger partial charge >= 0.3 is 0 Å². The summed E-state index contributed by atoms with van der Waals surface area (Å²) in [6, 6.07) is 0.199. The van der Waals surface area contributed by atoms with Crippen molar-refractivity contribution >= 4 is 11.8 Å². The highest BCUT2D eigenvalue weighted by molar-refractivity contribution is 5.85. The second-order valence-electron chi connectivity index (χ2n) is 4.97. The van der Waals surface area contributed by atoms with Crippen LogP contribution < -0.4 is 11.5 Å². The second kappa shape index (κ2) is 6.00. The van der Waals surface area contributed by atoms with Gasteiger partial charge in [0, 0.05) is 18.5 Å². The van der Waals surface area contributed by atoms with Gasteiger partial charge in [-0.1, -0.05) is 6.92 Å². The summed E-state index contributed by atoms with van der Waals surface area (Å²) in [5.74, 6) is -0.0418. The van der Waals surface area contributed by atoms with Crippen LogP contribution >= 0.6 is 0 Å². The maximum absolute atomic E-state index is 12.2. The number of carbonyl (C=O) groups excluding carboxylic acids is 2. The quantitative estimate of drug-likeness (QED) is 0.730. The first kappa shape index (κ1) is 14.0. The topological polar surface area (TPSA) is 89.4 Å². The zero-order chi connectivity index (χ0) is 13.0. The molecule has 1 rings (SSSR count). The molecule has 0 radical (unpaired) electrons. The predicted octanol–water partition coefficient (Wildman–Crippen LogP) is 0.0837. The van der Waals surface area contributed by atoms with E-state index in [1.165, 1.54) is 4.90 Å². The highest BCUT2D eigenvalue weighted by Crippen LogP contribution is 2.29. The largest absolute Gasteiger partial charge is 0.368 e. The molecule has 0 aromatic rings. The molecule has 1 aliphatic rings. The van der Waals surface area contributed by atoms with Crippen LogP contribution in [0.5, 0.6) is 0 Å². The monoisotopic (exact) mass is 241 g/mol. The lowest BCUT2D eigenvalue weighted by Gasteiger charge is -2.33. The van der Waals surface area contributed by atoms with E-state index in [1.54, 1.807) is 0 Å². The molecule has 4 N–H and O–H groups in total. The van der Waals surface area contributed by atoms with Gasteiger partial charge in [0.1, 0.15) is 0 Å². The zero-order valence-electron chi connectivity index (χ0n) is 10.7. The molecule has 1 saturated carbocycles. The van der Waals surface area contributed by atoms with Crippen LogP contribution in [0.3, 0.4) is 0 Å². The number of likely N-dealkylation sites (N-methyl/N-ethyl adjacent to an activating group) is 1. The van der Waals surface area contributed by atoms with Crippen molar-refractivity contribution < 1.29 is 9.59 Å². The van der Waals surface area contributed by atoms with Crippen molar-refractivity contribution in [2.24, 2.45) is 23.3 Å². The van der Waals surface area contributed by atoms with E-state index in [1.807, 2.05) is 6.92 Å². The lowest BCUT2D eigenvalue weighted by molar-refractivity contribution is -0.140. The molecule has 1 fully saturated rings. The highest BCUT2D eigenvalue weighted by Gasteiger charge is 2.31. The molecule has 0 heterocycles. The third-order valence-electron chi connectivity index (χ3n) is 3.62. The van der Waals surface area contributed by atoms with Gasteiger partial charge in [-0.3, -0.25) is 9.59 Å². The van der Waals surface area contributed by atoms with E-state index in [2.05, 4.69) is 6.92 Å². The molecule has 1 aliphatic carbocycles. The molecular weight excluding hydrogens is 218 g/mol. The van der Waals surface area contributed by atoms with Gasteiger partial charge in [-0.05, 0) is 32.1 Å². The minimum absolute atomic E-state index is 0.00380. The molecule has 0 bridgehead atoms. The Morgan fingerprint density at radius 3 is 2.47 bits per heavy atom. The van der Waals surface area contributed by atoms with Crippen molar-refractivity contribution in [1.82, 2.24) is 4.90 Å². The molecule has 0 spiro atoms. The Kier molecular flexibility index (Phi) is 4.93. The Hall–Kier alpha value is -1.10. The SMILES string of the molecule is CCN(CC(N)=O)C(=O)C1CCC(N)C(C)C1. The maximum Gasteiger partial charge on any atom is 0.237 e. The molecule has 2 amide bonds. The van der Waals surface area contributed by atoms with Crippen molar-refractivity contribution in [1.29, 1.82) is 0 Å². The first-order chi connectivity index (χ1) is 7.95. The molecule has 0 aromatic heterocycles. The van der Waals surface area contributed by atoms with Crippen molar-refractivity contribution in [3.63, 3.8) is 0 Å². The van der Waals surface area contributed by atoms with Gasteiger partial charge in [-0.15, -0.1) is 0 Å². The molecule has 98 valence electrons. The van der Waals surface area contributed by atoms with Gasteiger partial charge in [0.25, 0.3) is 0 Å².